The van der Waals surface area contributed by atoms with Gasteiger partial charge in [-0.15, -0.1) is 0 Å². The molecule has 1 N–H and O–H groups in total. The lowest BCUT2D eigenvalue weighted by Crippen LogP contribution is -2.49. The summed E-state index contributed by atoms with van der Waals surface area (Å²) in [6, 6.07) is 5.53. The second kappa shape index (κ2) is 6.72. The molecule has 2 rings (SSSR count). The molecule has 0 radical (unpaired) electrons. The molecule has 20 heavy (non-hydrogen) atoms. The minimum absolute atomic E-state index is 0.0689. The van der Waals surface area contributed by atoms with E-state index in [1.165, 1.54) is 0 Å². The standard InChI is InChI=1S/C15H22N2O3/c1-12-11-13(3-4-14(12)20-2)15(19)17-7-5-16(6-8-17)9-10-18/h3-4,11,18H,5-10H2,1-2H3. The van der Waals surface area contributed by atoms with E-state index < -0.39 is 0 Å². The Balaban J connectivity index is 2.00. The minimum Gasteiger partial charge on any atom is -0.496 e. The van der Waals surface area contributed by atoms with Crippen molar-refractivity contribution in [3.63, 3.8) is 0 Å². The number of methoxy groups -OCH3 is 1. The maximum absolute atomic E-state index is 12.4. The molecule has 0 atom stereocenters. The number of rotatable bonds is 4. The van der Waals surface area contributed by atoms with Crippen molar-refractivity contribution in [2.45, 2.75) is 6.92 Å². The van der Waals surface area contributed by atoms with Gasteiger partial charge in [-0.05, 0) is 30.7 Å². The summed E-state index contributed by atoms with van der Waals surface area (Å²) >= 11 is 0. The molecular formula is C15H22N2O3. The maximum Gasteiger partial charge on any atom is 0.253 e. The molecule has 1 aromatic carbocycles. The van der Waals surface area contributed by atoms with Gasteiger partial charge in [0.05, 0.1) is 13.7 Å². The zero-order chi connectivity index (χ0) is 14.5. The quantitative estimate of drug-likeness (QED) is 0.883. The van der Waals surface area contributed by atoms with Gasteiger partial charge in [0, 0.05) is 38.3 Å². The van der Waals surface area contributed by atoms with Crippen molar-refractivity contribution in [2.24, 2.45) is 0 Å². The van der Waals surface area contributed by atoms with E-state index in [1.807, 2.05) is 30.0 Å². The van der Waals surface area contributed by atoms with Crippen molar-refractivity contribution in [1.82, 2.24) is 9.80 Å². The Bertz CT molecular complexity index is 468. The van der Waals surface area contributed by atoms with Crippen LogP contribution in [0.4, 0.5) is 0 Å². The third-order valence-corrected chi connectivity index (χ3v) is 3.72. The zero-order valence-corrected chi connectivity index (χ0v) is 12.1. The van der Waals surface area contributed by atoms with Gasteiger partial charge in [0.15, 0.2) is 0 Å². The Labute approximate surface area is 119 Å². The van der Waals surface area contributed by atoms with Gasteiger partial charge < -0.3 is 14.7 Å². The Hall–Kier alpha value is -1.59. The summed E-state index contributed by atoms with van der Waals surface area (Å²) in [7, 11) is 1.63. The second-order valence-electron chi connectivity index (χ2n) is 5.04. The number of hydrogen-bond donors (Lipinski definition) is 1. The molecule has 5 nitrogen and oxygen atoms in total. The Morgan fingerprint density at radius 1 is 1.30 bits per heavy atom. The highest BCUT2D eigenvalue weighted by molar-refractivity contribution is 5.94. The van der Waals surface area contributed by atoms with E-state index in [0.29, 0.717) is 25.2 Å². The first-order chi connectivity index (χ1) is 9.65. The van der Waals surface area contributed by atoms with E-state index >= 15 is 0 Å². The maximum atomic E-state index is 12.4. The van der Waals surface area contributed by atoms with Crippen LogP contribution in [0.1, 0.15) is 15.9 Å². The molecule has 1 heterocycles. The summed E-state index contributed by atoms with van der Waals surface area (Å²) in [5.41, 5.74) is 1.68. The van der Waals surface area contributed by atoms with Gasteiger partial charge in [-0.2, -0.15) is 0 Å². The molecule has 0 aromatic heterocycles. The van der Waals surface area contributed by atoms with Crippen LogP contribution in [0, 0.1) is 6.92 Å². The van der Waals surface area contributed by atoms with Crippen molar-refractivity contribution in [1.29, 1.82) is 0 Å². The molecular weight excluding hydrogens is 256 g/mol. The monoisotopic (exact) mass is 278 g/mol. The number of carbonyl (C=O) groups excluding carboxylic acids is 1. The van der Waals surface area contributed by atoms with Crippen LogP contribution in [0.2, 0.25) is 0 Å². The fourth-order valence-corrected chi connectivity index (χ4v) is 2.51. The van der Waals surface area contributed by atoms with E-state index in [4.69, 9.17) is 9.84 Å². The number of β-amino-alcohol motifs (C(OH)–C–C–N with tert-alkyl or cyclic N) is 1. The summed E-state index contributed by atoms with van der Waals surface area (Å²) in [6.07, 6.45) is 0. The highest BCUT2D eigenvalue weighted by Crippen LogP contribution is 2.19. The van der Waals surface area contributed by atoms with Gasteiger partial charge in [0.1, 0.15) is 5.75 Å². The fourth-order valence-electron chi connectivity index (χ4n) is 2.51. The zero-order valence-electron chi connectivity index (χ0n) is 12.1. The lowest BCUT2D eigenvalue weighted by atomic mass is 10.1. The van der Waals surface area contributed by atoms with Crippen LogP contribution in [0.5, 0.6) is 5.75 Å². The Kier molecular flexibility index (Phi) is 4.98. The molecule has 5 heteroatoms. The Morgan fingerprint density at radius 3 is 2.55 bits per heavy atom. The predicted molar refractivity (Wildman–Crippen MR) is 77.2 cm³/mol. The fraction of sp³-hybridized carbons (Fsp3) is 0.533. The first-order valence-electron chi connectivity index (χ1n) is 6.93. The molecule has 0 saturated carbocycles. The highest BCUT2D eigenvalue weighted by atomic mass is 16.5. The van der Waals surface area contributed by atoms with Gasteiger partial charge in [-0.3, -0.25) is 9.69 Å². The van der Waals surface area contributed by atoms with Crippen molar-refractivity contribution in [3.05, 3.63) is 29.3 Å². The van der Waals surface area contributed by atoms with Gasteiger partial charge in [-0.25, -0.2) is 0 Å². The van der Waals surface area contributed by atoms with Crippen molar-refractivity contribution in [2.75, 3.05) is 46.4 Å². The average Bonchev–Trinajstić information content (AvgIpc) is 2.47. The summed E-state index contributed by atoms with van der Waals surface area (Å²) in [4.78, 5) is 16.5. The molecule has 1 aromatic rings. The number of aliphatic hydroxyl groups is 1. The average molecular weight is 278 g/mol. The van der Waals surface area contributed by atoms with Gasteiger partial charge in [0.2, 0.25) is 0 Å². The van der Waals surface area contributed by atoms with E-state index in [0.717, 1.165) is 24.4 Å². The van der Waals surface area contributed by atoms with Crippen molar-refractivity contribution < 1.29 is 14.6 Å². The smallest absolute Gasteiger partial charge is 0.253 e. The number of piperazine rings is 1. The van der Waals surface area contributed by atoms with Crippen LogP contribution < -0.4 is 4.74 Å². The molecule has 0 unspecified atom stereocenters. The summed E-state index contributed by atoms with van der Waals surface area (Å²) in [5, 5.41) is 8.92. The van der Waals surface area contributed by atoms with E-state index in [9.17, 15) is 4.79 Å². The molecule has 0 bridgehead atoms. The number of nitrogens with zero attached hydrogens (tertiary/aromatic N) is 2. The number of amides is 1. The van der Waals surface area contributed by atoms with E-state index in [2.05, 4.69) is 4.90 Å². The summed E-state index contributed by atoms with van der Waals surface area (Å²) in [6.45, 7) is 5.86. The number of benzene rings is 1. The first-order valence-corrected chi connectivity index (χ1v) is 6.93. The van der Waals surface area contributed by atoms with Crippen molar-refractivity contribution >= 4 is 5.91 Å². The topological polar surface area (TPSA) is 53.0 Å². The van der Waals surface area contributed by atoms with Crippen LogP contribution in [0.25, 0.3) is 0 Å². The number of aryl methyl sites for hydroxylation is 1. The molecule has 1 fully saturated rings. The molecule has 1 aliphatic rings. The third kappa shape index (κ3) is 3.29. The second-order valence-corrected chi connectivity index (χ2v) is 5.04. The van der Waals surface area contributed by atoms with E-state index in [-0.39, 0.29) is 12.5 Å². The first kappa shape index (κ1) is 14.8. The normalized spacial score (nSPS) is 16.2. The SMILES string of the molecule is COc1ccc(C(=O)N2CCN(CCO)CC2)cc1C. The van der Waals surface area contributed by atoms with Gasteiger partial charge in [0.25, 0.3) is 5.91 Å². The van der Waals surface area contributed by atoms with Crippen molar-refractivity contribution in [3.8, 4) is 5.75 Å². The lowest BCUT2D eigenvalue weighted by Gasteiger charge is -2.34. The lowest BCUT2D eigenvalue weighted by molar-refractivity contribution is 0.0615. The number of carbonyl (C=O) groups is 1. The van der Waals surface area contributed by atoms with E-state index in [1.54, 1.807) is 7.11 Å². The predicted octanol–water partition coefficient (Wildman–Crippen LogP) is 0.754. The van der Waals surface area contributed by atoms with Crippen LogP contribution in [0.3, 0.4) is 0 Å². The van der Waals surface area contributed by atoms with Crippen LogP contribution in [-0.2, 0) is 0 Å². The third-order valence-electron chi connectivity index (χ3n) is 3.72. The molecule has 110 valence electrons. The number of aliphatic hydroxyl groups excluding tert-OH is 1. The largest absolute Gasteiger partial charge is 0.496 e. The molecule has 0 aliphatic carbocycles. The molecule has 1 aliphatic heterocycles. The molecule has 1 saturated heterocycles. The van der Waals surface area contributed by atoms with Crippen LogP contribution in [-0.4, -0.2) is 67.3 Å². The Morgan fingerprint density at radius 2 is 2.00 bits per heavy atom. The van der Waals surface area contributed by atoms with Crippen LogP contribution >= 0.6 is 0 Å². The molecule has 1 amide bonds. The highest BCUT2D eigenvalue weighted by Gasteiger charge is 2.22. The van der Waals surface area contributed by atoms with Crippen LogP contribution in [0.15, 0.2) is 18.2 Å². The van der Waals surface area contributed by atoms with Gasteiger partial charge in [-0.1, -0.05) is 0 Å². The number of ether oxygens (including phenoxy) is 1. The minimum atomic E-state index is 0.0689. The summed E-state index contributed by atoms with van der Waals surface area (Å²) in [5.74, 6) is 0.869. The summed E-state index contributed by atoms with van der Waals surface area (Å²) < 4.78 is 5.21. The number of hydrogen-bond acceptors (Lipinski definition) is 4. The molecule has 0 spiro atoms. The van der Waals surface area contributed by atoms with Gasteiger partial charge >= 0.3 is 0 Å².